The summed E-state index contributed by atoms with van der Waals surface area (Å²) >= 11 is 0. The van der Waals surface area contributed by atoms with Crippen LogP contribution in [0.4, 0.5) is 5.69 Å². The minimum absolute atomic E-state index is 0.799. The fraction of sp³-hybridized carbons (Fsp3) is 0.111. The van der Waals surface area contributed by atoms with E-state index in [0.29, 0.717) is 0 Å². The van der Waals surface area contributed by atoms with Gasteiger partial charge in [0.2, 0.25) is 0 Å². The van der Waals surface area contributed by atoms with Crippen molar-refractivity contribution in [3.63, 3.8) is 0 Å². The van der Waals surface area contributed by atoms with Gasteiger partial charge < -0.3 is 0 Å². The Kier molecular flexibility index (Phi) is 1.21. The molecule has 0 saturated heterocycles. The fourth-order valence-electron chi connectivity index (χ4n) is 1.04. The monoisotopic (exact) mass is 129 g/mol. The Hall–Kier alpha value is -1.24. The van der Waals surface area contributed by atoms with Crippen molar-refractivity contribution in [2.24, 2.45) is 0 Å². The molecular weight excluding hydrogens is 122 g/mol. The Labute approximate surface area is 60.4 Å². The summed E-state index contributed by atoms with van der Waals surface area (Å²) < 4.78 is 0. The summed E-state index contributed by atoms with van der Waals surface area (Å²) in [5, 5.41) is 4.25. The van der Waals surface area contributed by atoms with E-state index >= 15 is 0 Å². The smallest absolute Gasteiger partial charge is 0.0729 e. The van der Waals surface area contributed by atoms with E-state index in [0.717, 1.165) is 12.2 Å². The summed E-state index contributed by atoms with van der Waals surface area (Å²) in [5.41, 5.74) is 2.17. The zero-order valence-electron chi connectivity index (χ0n) is 5.54. The molecule has 0 N–H and O–H groups in total. The third kappa shape index (κ3) is 0.798. The van der Waals surface area contributed by atoms with Crippen molar-refractivity contribution in [1.29, 1.82) is 0 Å². The normalized spacial score (nSPS) is 14.0. The number of rotatable bonds is 0. The maximum Gasteiger partial charge on any atom is 0.0729 e. The van der Waals surface area contributed by atoms with Crippen molar-refractivity contribution < 1.29 is 0 Å². The van der Waals surface area contributed by atoms with Crippen LogP contribution in [0.25, 0.3) is 6.08 Å². The number of benzene rings is 1. The van der Waals surface area contributed by atoms with Gasteiger partial charge in [0.25, 0.3) is 0 Å². The second-order valence-corrected chi connectivity index (χ2v) is 2.22. The first-order valence-corrected chi connectivity index (χ1v) is 3.31. The van der Waals surface area contributed by atoms with E-state index in [4.69, 9.17) is 0 Å². The van der Waals surface area contributed by atoms with Crippen LogP contribution in [0.2, 0.25) is 0 Å². The highest BCUT2D eigenvalue weighted by Crippen LogP contribution is 2.18. The summed E-state index contributed by atoms with van der Waals surface area (Å²) in [6.07, 6.45) is 4.13. The molecule has 0 saturated carbocycles. The Morgan fingerprint density at radius 1 is 1.50 bits per heavy atom. The fourth-order valence-corrected chi connectivity index (χ4v) is 1.04. The molecule has 48 valence electrons. The minimum atomic E-state index is 0.799. The van der Waals surface area contributed by atoms with E-state index < -0.39 is 0 Å². The van der Waals surface area contributed by atoms with Crippen LogP contribution in [-0.2, 0) is 0 Å². The molecule has 0 fully saturated rings. The van der Waals surface area contributed by atoms with Crippen LogP contribution in [0, 0.1) is 6.07 Å². The summed E-state index contributed by atoms with van der Waals surface area (Å²) in [5.74, 6) is 0. The zero-order valence-corrected chi connectivity index (χ0v) is 5.54. The van der Waals surface area contributed by atoms with Crippen LogP contribution in [0.15, 0.2) is 24.3 Å². The predicted octanol–water partition coefficient (Wildman–Crippen LogP) is 1.75. The second kappa shape index (κ2) is 2.18. The number of nitrogens with zero attached hydrogens (tertiary/aromatic N) is 1. The molecule has 1 aliphatic heterocycles. The van der Waals surface area contributed by atoms with Crippen LogP contribution in [0.5, 0.6) is 0 Å². The number of para-hydroxylation sites is 1. The number of hydrogen-bond donors (Lipinski definition) is 0. The third-order valence-electron chi connectivity index (χ3n) is 1.52. The lowest BCUT2D eigenvalue weighted by Gasteiger charge is -2.07. The number of hydrogen-bond acceptors (Lipinski definition) is 0. The SMILES string of the molecule is [c]1cccc2c1[N]CC=C2. The second-order valence-electron chi connectivity index (χ2n) is 2.22. The minimum Gasteiger partial charge on any atom is -0.280 e. The van der Waals surface area contributed by atoms with Gasteiger partial charge in [-0.2, -0.15) is 0 Å². The molecule has 0 spiro atoms. The van der Waals surface area contributed by atoms with Gasteiger partial charge in [-0.15, -0.1) is 0 Å². The van der Waals surface area contributed by atoms with Gasteiger partial charge in [-0.1, -0.05) is 30.4 Å². The van der Waals surface area contributed by atoms with Gasteiger partial charge in [-0.05, 0) is 0 Å². The van der Waals surface area contributed by atoms with Gasteiger partial charge in [0.15, 0.2) is 0 Å². The molecule has 0 aromatic heterocycles. The van der Waals surface area contributed by atoms with Crippen molar-refractivity contribution >= 4 is 11.8 Å². The summed E-state index contributed by atoms with van der Waals surface area (Å²) in [4.78, 5) is 0. The van der Waals surface area contributed by atoms with Crippen LogP contribution in [0.3, 0.4) is 0 Å². The van der Waals surface area contributed by atoms with Crippen molar-refractivity contribution in [1.82, 2.24) is 5.32 Å². The first kappa shape index (κ1) is 5.54. The summed E-state index contributed by atoms with van der Waals surface area (Å²) in [7, 11) is 0. The highest BCUT2D eigenvalue weighted by Gasteiger charge is 2.01. The molecule has 2 rings (SSSR count). The molecule has 0 bridgehead atoms. The summed E-state index contributed by atoms with van der Waals surface area (Å²) in [6, 6.07) is 8.98. The van der Waals surface area contributed by atoms with Gasteiger partial charge in [-0.25, -0.2) is 0 Å². The molecule has 10 heavy (non-hydrogen) atoms. The molecule has 0 aliphatic carbocycles. The third-order valence-corrected chi connectivity index (χ3v) is 1.52. The molecule has 1 aliphatic rings. The molecular formula is C9H7N. The Morgan fingerprint density at radius 2 is 2.50 bits per heavy atom. The van der Waals surface area contributed by atoms with E-state index in [9.17, 15) is 0 Å². The molecule has 0 unspecified atom stereocenters. The van der Waals surface area contributed by atoms with Crippen molar-refractivity contribution in [3.05, 3.63) is 35.9 Å². The highest BCUT2D eigenvalue weighted by atomic mass is 14.9. The van der Waals surface area contributed by atoms with Gasteiger partial charge in [0.1, 0.15) is 0 Å². The van der Waals surface area contributed by atoms with Crippen LogP contribution < -0.4 is 5.32 Å². The van der Waals surface area contributed by atoms with Crippen molar-refractivity contribution in [2.45, 2.75) is 0 Å². The zero-order chi connectivity index (χ0) is 6.81. The van der Waals surface area contributed by atoms with Gasteiger partial charge in [0, 0.05) is 11.6 Å². The van der Waals surface area contributed by atoms with Crippen molar-refractivity contribution in [3.8, 4) is 0 Å². The van der Waals surface area contributed by atoms with E-state index in [1.54, 1.807) is 0 Å². The first-order valence-electron chi connectivity index (χ1n) is 3.31. The van der Waals surface area contributed by atoms with E-state index in [1.807, 2.05) is 18.2 Å². The van der Waals surface area contributed by atoms with Crippen LogP contribution in [0.1, 0.15) is 5.56 Å². The lowest BCUT2D eigenvalue weighted by Crippen LogP contribution is -2.02. The quantitative estimate of drug-likeness (QED) is 0.506. The first-order chi connectivity index (χ1) is 4.97. The lowest BCUT2D eigenvalue weighted by atomic mass is 10.1. The number of fused-ring (bicyclic) bond motifs is 1. The molecule has 1 nitrogen and oxygen atoms in total. The topological polar surface area (TPSA) is 14.1 Å². The van der Waals surface area contributed by atoms with Crippen LogP contribution >= 0.6 is 0 Å². The van der Waals surface area contributed by atoms with Gasteiger partial charge >= 0.3 is 0 Å². The molecule has 2 radical (unpaired) electrons. The van der Waals surface area contributed by atoms with E-state index in [2.05, 4.69) is 23.5 Å². The molecule has 1 aromatic rings. The Balaban J connectivity index is 2.54. The van der Waals surface area contributed by atoms with Crippen LogP contribution in [-0.4, -0.2) is 6.54 Å². The standard InChI is InChI=1S/C9H7N/c1-2-6-9-8(4-1)5-3-7-10-9/h1-5H,7H2. The highest BCUT2D eigenvalue weighted by molar-refractivity contribution is 5.64. The maximum atomic E-state index is 4.25. The van der Waals surface area contributed by atoms with Gasteiger partial charge in [-0.3, -0.25) is 5.32 Å². The van der Waals surface area contributed by atoms with E-state index in [-0.39, 0.29) is 0 Å². The molecule has 0 amide bonds. The largest absolute Gasteiger partial charge is 0.280 e. The lowest BCUT2D eigenvalue weighted by molar-refractivity contribution is 0.964. The average Bonchev–Trinajstić information content (AvgIpc) is 2.05. The van der Waals surface area contributed by atoms with E-state index in [1.165, 1.54) is 5.56 Å². The van der Waals surface area contributed by atoms with Crippen molar-refractivity contribution in [2.75, 3.05) is 6.54 Å². The predicted molar refractivity (Wildman–Crippen MR) is 41.0 cm³/mol. The molecule has 0 atom stereocenters. The molecule has 1 heteroatoms. The Morgan fingerprint density at radius 3 is 3.40 bits per heavy atom. The van der Waals surface area contributed by atoms with Gasteiger partial charge in [0.05, 0.1) is 12.2 Å². The Bertz CT molecular complexity index is 263. The molecule has 1 aromatic carbocycles. The molecule has 1 heterocycles. The maximum absolute atomic E-state index is 4.25. The average molecular weight is 129 g/mol. The summed E-state index contributed by atoms with van der Waals surface area (Å²) in [6.45, 7) is 0.799.